The molecule has 4 rings (SSSR count). The number of alkyl halides is 3. The van der Waals surface area contributed by atoms with E-state index in [9.17, 15) is 22.4 Å². The zero-order chi connectivity index (χ0) is 28.5. The van der Waals surface area contributed by atoms with Gasteiger partial charge in [0.05, 0.1) is 35.4 Å². The molecular formula is C28H26F4N6O2. The van der Waals surface area contributed by atoms with Crippen molar-refractivity contribution in [2.24, 2.45) is 0 Å². The molecule has 0 radical (unpaired) electrons. The Hall–Kier alpha value is -4.58. The molecule has 40 heavy (non-hydrogen) atoms. The molecule has 208 valence electrons. The molecule has 12 heteroatoms. The van der Waals surface area contributed by atoms with E-state index in [2.05, 4.69) is 30.8 Å². The van der Waals surface area contributed by atoms with Crippen LogP contribution in [0.1, 0.15) is 23.2 Å². The molecule has 8 nitrogen and oxygen atoms in total. The zero-order valence-electron chi connectivity index (χ0n) is 21.4. The summed E-state index contributed by atoms with van der Waals surface area (Å²) >= 11 is 0. The highest BCUT2D eigenvalue weighted by Gasteiger charge is 2.32. The second kappa shape index (κ2) is 13.0. The number of benzene rings is 2. The maximum absolute atomic E-state index is 14.3. The van der Waals surface area contributed by atoms with E-state index in [-0.39, 0.29) is 40.6 Å². The molecule has 2 aromatic heterocycles. The number of nitrogens with zero attached hydrogens (tertiary/aromatic N) is 3. The number of aromatic amines is 1. The van der Waals surface area contributed by atoms with Crippen molar-refractivity contribution in [2.75, 3.05) is 26.7 Å². The van der Waals surface area contributed by atoms with Crippen molar-refractivity contribution in [3.05, 3.63) is 95.8 Å². The van der Waals surface area contributed by atoms with Crippen molar-refractivity contribution in [3.63, 3.8) is 0 Å². The normalized spacial score (nSPS) is 12.5. The van der Waals surface area contributed by atoms with Gasteiger partial charge in [0.1, 0.15) is 6.61 Å². The van der Waals surface area contributed by atoms with E-state index in [1.165, 1.54) is 37.7 Å². The largest absolute Gasteiger partial charge is 0.475 e. The standard InChI is InChI=1S/C28H26F4N6O2/c1-33-24(39)8-5-11-34-12-13-40-25-17-35-23(16-36-25)26(19-9-10-22-20(14-19)27(29)38-37-22)21(15-28(30,31)32)18-6-3-2-4-7-18/h2-10,14,16-17,34H,11-13,15H2,1H3,(H,33,39)(H,37,38)/b8-5+,26-21-. The summed E-state index contributed by atoms with van der Waals surface area (Å²) in [4.78, 5) is 19.8. The van der Waals surface area contributed by atoms with Crippen molar-refractivity contribution in [3.8, 4) is 5.88 Å². The summed E-state index contributed by atoms with van der Waals surface area (Å²) < 4.78 is 61.4. The topological polar surface area (TPSA) is 105 Å². The Morgan fingerprint density at radius 3 is 2.58 bits per heavy atom. The summed E-state index contributed by atoms with van der Waals surface area (Å²) in [5.74, 6) is -0.720. The van der Waals surface area contributed by atoms with E-state index in [1.54, 1.807) is 42.5 Å². The number of fused-ring (bicyclic) bond motifs is 1. The van der Waals surface area contributed by atoms with Crippen LogP contribution in [0.25, 0.3) is 22.0 Å². The second-order valence-electron chi connectivity index (χ2n) is 8.59. The van der Waals surface area contributed by atoms with Crippen molar-refractivity contribution in [1.82, 2.24) is 30.8 Å². The number of rotatable bonds is 11. The highest BCUT2D eigenvalue weighted by molar-refractivity contribution is 5.99. The minimum atomic E-state index is -4.53. The lowest BCUT2D eigenvalue weighted by molar-refractivity contribution is -0.123. The van der Waals surface area contributed by atoms with E-state index in [1.807, 2.05) is 0 Å². The van der Waals surface area contributed by atoms with E-state index < -0.39 is 18.5 Å². The molecule has 0 fully saturated rings. The number of hydrogen-bond acceptors (Lipinski definition) is 6. The first-order chi connectivity index (χ1) is 19.2. The molecule has 2 aromatic carbocycles. The molecule has 0 saturated carbocycles. The fourth-order valence-corrected chi connectivity index (χ4v) is 3.97. The Balaban J connectivity index is 1.64. The quantitative estimate of drug-likeness (QED) is 0.108. The fourth-order valence-electron chi connectivity index (χ4n) is 3.97. The van der Waals surface area contributed by atoms with Gasteiger partial charge in [-0.15, -0.1) is 0 Å². The molecule has 0 atom stereocenters. The molecule has 0 aliphatic rings. The summed E-state index contributed by atoms with van der Waals surface area (Å²) in [6, 6.07) is 12.7. The predicted molar refractivity (Wildman–Crippen MR) is 143 cm³/mol. The maximum atomic E-state index is 14.3. The van der Waals surface area contributed by atoms with Gasteiger partial charge < -0.3 is 15.4 Å². The molecule has 1 amide bonds. The van der Waals surface area contributed by atoms with Gasteiger partial charge in [-0.3, -0.25) is 9.89 Å². The molecule has 3 N–H and O–H groups in total. The third-order valence-corrected chi connectivity index (χ3v) is 5.79. The van der Waals surface area contributed by atoms with Gasteiger partial charge in [0, 0.05) is 31.8 Å². The summed E-state index contributed by atoms with van der Waals surface area (Å²) in [5.41, 5.74) is 1.30. The van der Waals surface area contributed by atoms with Crippen molar-refractivity contribution in [1.29, 1.82) is 0 Å². The predicted octanol–water partition coefficient (Wildman–Crippen LogP) is 4.67. The Labute approximate surface area is 227 Å². The Morgan fingerprint density at radius 1 is 1.07 bits per heavy atom. The van der Waals surface area contributed by atoms with Crippen LogP contribution in [-0.4, -0.2) is 59.0 Å². The molecule has 0 unspecified atom stereocenters. The average Bonchev–Trinajstić information content (AvgIpc) is 3.32. The van der Waals surface area contributed by atoms with Gasteiger partial charge in [-0.2, -0.15) is 22.7 Å². The Kier molecular flexibility index (Phi) is 9.23. The van der Waals surface area contributed by atoms with E-state index >= 15 is 0 Å². The molecule has 2 heterocycles. The van der Waals surface area contributed by atoms with E-state index in [0.717, 1.165) is 0 Å². The SMILES string of the molecule is CNC(=O)/C=C/CNCCOc1cnc(/C(=C(/CC(F)(F)F)c2ccccc2)c2ccc3n[nH]c(F)c3c2)cn1. The minimum absolute atomic E-state index is 0.0340. The summed E-state index contributed by atoms with van der Waals surface area (Å²) in [7, 11) is 1.54. The number of carbonyl (C=O) groups is 1. The van der Waals surface area contributed by atoms with Gasteiger partial charge in [0.15, 0.2) is 0 Å². The summed E-state index contributed by atoms with van der Waals surface area (Å²) in [5, 5.41) is 11.8. The first-order valence-corrected chi connectivity index (χ1v) is 12.3. The van der Waals surface area contributed by atoms with Crippen molar-refractivity contribution >= 4 is 28.0 Å². The van der Waals surface area contributed by atoms with E-state index in [0.29, 0.717) is 29.7 Å². The number of ether oxygens (including phenoxy) is 1. The van der Waals surface area contributed by atoms with Crippen LogP contribution in [0.3, 0.4) is 0 Å². The third-order valence-electron chi connectivity index (χ3n) is 5.79. The number of H-pyrrole nitrogens is 1. The fraction of sp³-hybridized carbons (Fsp3) is 0.214. The molecule has 4 aromatic rings. The smallest absolute Gasteiger partial charge is 0.393 e. The van der Waals surface area contributed by atoms with Crippen molar-refractivity contribution in [2.45, 2.75) is 12.6 Å². The van der Waals surface area contributed by atoms with E-state index in [4.69, 9.17) is 4.74 Å². The lowest BCUT2D eigenvalue weighted by Crippen LogP contribution is -2.22. The Bertz CT molecular complexity index is 1500. The number of aromatic nitrogens is 4. The van der Waals surface area contributed by atoms with Gasteiger partial charge in [0.25, 0.3) is 0 Å². The number of amides is 1. The van der Waals surface area contributed by atoms with Crippen LogP contribution < -0.4 is 15.4 Å². The van der Waals surface area contributed by atoms with Gasteiger partial charge in [-0.05, 0) is 28.8 Å². The summed E-state index contributed by atoms with van der Waals surface area (Å²) in [6.45, 7) is 1.15. The molecule has 0 aliphatic carbocycles. The lowest BCUT2D eigenvalue weighted by Gasteiger charge is -2.18. The van der Waals surface area contributed by atoms with Crippen LogP contribution in [0.5, 0.6) is 5.88 Å². The number of allylic oxidation sites excluding steroid dienone is 1. The summed E-state index contributed by atoms with van der Waals surface area (Å²) in [6.07, 6.45) is -0.0320. The second-order valence-corrected chi connectivity index (χ2v) is 8.59. The minimum Gasteiger partial charge on any atom is -0.475 e. The molecular weight excluding hydrogens is 528 g/mol. The van der Waals surface area contributed by atoms with Crippen molar-refractivity contribution < 1.29 is 27.1 Å². The molecule has 0 aliphatic heterocycles. The van der Waals surface area contributed by atoms with Crippen LogP contribution in [0.15, 0.2) is 73.1 Å². The van der Waals surface area contributed by atoms with Crippen LogP contribution in [-0.2, 0) is 4.79 Å². The Morgan fingerprint density at radius 2 is 1.88 bits per heavy atom. The number of carbonyl (C=O) groups excluding carboxylic acids is 1. The van der Waals surface area contributed by atoms with Gasteiger partial charge in [-0.25, -0.2) is 9.97 Å². The number of likely N-dealkylation sites (N-methyl/N-ethyl adjacent to an activating group) is 1. The highest BCUT2D eigenvalue weighted by Crippen LogP contribution is 2.39. The molecule has 0 bridgehead atoms. The van der Waals surface area contributed by atoms with Crippen LogP contribution >= 0.6 is 0 Å². The highest BCUT2D eigenvalue weighted by atomic mass is 19.4. The molecule has 0 spiro atoms. The maximum Gasteiger partial charge on any atom is 0.393 e. The number of hydrogen-bond donors (Lipinski definition) is 3. The third kappa shape index (κ3) is 7.50. The average molecular weight is 555 g/mol. The first kappa shape index (κ1) is 28.4. The number of halogens is 4. The zero-order valence-corrected chi connectivity index (χ0v) is 21.4. The number of nitrogens with one attached hydrogen (secondary N) is 3. The first-order valence-electron chi connectivity index (χ1n) is 12.3. The van der Waals surface area contributed by atoms with Gasteiger partial charge in [-0.1, -0.05) is 42.5 Å². The van der Waals surface area contributed by atoms with Gasteiger partial charge >= 0.3 is 6.18 Å². The van der Waals surface area contributed by atoms with Crippen LogP contribution in [0.4, 0.5) is 17.6 Å². The van der Waals surface area contributed by atoms with Gasteiger partial charge in [0.2, 0.25) is 17.7 Å². The van der Waals surface area contributed by atoms with Crippen LogP contribution in [0, 0.1) is 5.95 Å². The van der Waals surface area contributed by atoms with Crippen LogP contribution in [0.2, 0.25) is 0 Å². The molecule has 0 saturated heterocycles. The lowest BCUT2D eigenvalue weighted by atomic mass is 9.90. The monoisotopic (exact) mass is 554 g/mol.